The first-order valence-electron chi connectivity index (χ1n) is 7.39. The third-order valence-electron chi connectivity index (χ3n) is 4.15. The summed E-state index contributed by atoms with van der Waals surface area (Å²) < 4.78 is 5.29. The van der Waals surface area contributed by atoms with Gasteiger partial charge < -0.3 is 15.8 Å². The molecule has 0 radical (unpaired) electrons. The Bertz CT molecular complexity index is 472. The van der Waals surface area contributed by atoms with E-state index in [1.54, 1.807) is 7.11 Å². The SMILES string of the molecule is CCCC1(CN=C(N)Nc2ccccc2OC)CCC1.I. The van der Waals surface area contributed by atoms with Gasteiger partial charge in [-0.3, -0.25) is 4.99 Å². The maximum atomic E-state index is 5.99. The highest BCUT2D eigenvalue weighted by atomic mass is 127. The second kappa shape index (κ2) is 8.46. The Balaban J connectivity index is 0.00000220. The lowest BCUT2D eigenvalue weighted by atomic mass is 9.66. The van der Waals surface area contributed by atoms with Crippen LogP contribution < -0.4 is 15.8 Å². The van der Waals surface area contributed by atoms with Gasteiger partial charge in [0.15, 0.2) is 5.96 Å². The first-order chi connectivity index (χ1) is 9.69. The Morgan fingerprint density at radius 3 is 2.67 bits per heavy atom. The molecule has 4 nitrogen and oxygen atoms in total. The van der Waals surface area contributed by atoms with Crippen LogP contribution in [0.2, 0.25) is 0 Å². The van der Waals surface area contributed by atoms with Crippen molar-refractivity contribution in [1.29, 1.82) is 0 Å². The van der Waals surface area contributed by atoms with Gasteiger partial charge in [-0.2, -0.15) is 0 Å². The number of hydrogen-bond acceptors (Lipinski definition) is 2. The van der Waals surface area contributed by atoms with Gasteiger partial charge in [-0.25, -0.2) is 0 Å². The topological polar surface area (TPSA) is 59.6 Å². The van der Waals surface area contributed by atoms with E-state index in [1.165, 1.54) is 32.1 Å². The van der Waals surface area contributed by atoms with Crippen LogP contribution in [-0.2, 0) is 0 Å². The van der Waals surface area contributed by atoms with Crippen molar-refractivity contribution in [3.05, 3.63) is 24.3 Å². The molecule has 3 N–H and O–H groups in total. The summed E-state index contributed by atoms with van der Waals surface area (Å²) in [4.78, 5) is 4.54. The molecule has 1 aromatic carbocycles. The van der Waals surface area contributed by atoms with Crippen molar-refractivity contribution in [1.82, 2.24) is 0 Å². The Hall–Kier alpha value is -0.980. The summed E-state index contributed by atoms with van der Waals surface area (Å²) in [6.07, 6.45) is 6.36. The fraction of sp³-hybridized carbons (Fsp3) is 0.562. The summed E-state index contributed by atoms with van der Waals surface area (Å²) in [7, 11) is 1.65. The molecular weight excluding hydrogens is 377 g/mol. The van der Waals surface area contributed by atoms with Crippen molar-refractivity contribution >= 4 is 35.6 Å². The van der Waals surface area contributed by atoms with Crippen LogP contribution >= 0.6 is 24.0 Å². The van der Waals surface area contributed by atoms with Crippen LogP contribution in [0.1, 0.15) is 39.0 Å². The lowest BCUT2D eigenvalue weighted by Gasteiger charge is -2.40. The fourth-order valence-corrected chi connectivity index (χ4v) is 2.87. The number of guanidine groups is 1. The van der Waals surface area contributed by atoms with Crippen LogP contribution in [0, 0.1) is 5.41 Å². The van der Waals surface area contributed by atoms with E-state index < -0.39 is 0 Å². The van der Waals surface area contributed by atoms with Crippen LogP contribution in [-0.4, -0.2) is 19.6 Å². The highest BCUT2D eigenvalue weighted by molar-refractivity contribution is 14.0. The number of para-hydroxylation sites is 2. The highest BCUT2D eigenvalue weighted by Gasteiger charge is 2.35. The summed E-state index contributed by atoms with van der Waals surface area (Å²) in [6, 6.07) is 7.72. The summed E-state index contributed by atoms with van der Waals surface area (Å²) in [5, 5.41) is 3.13. The average molecular weight is 403 g/mol. The number of aliphatic imine (C=N–C) groups is 1. The van der Waals surface area contributed by atoms with Gasteiger partial charge >= 0.3 is 0 Å². The van der Waals surface area contributed by atoms with Gasteiger partial charge in [-0.1, -0.05) is 31.9 Å². The van der Waals surface area contributed by atoms with E-state index in [1.807, 2.05) is 24.3 Å². The molecule has 1 aliphatic rings. The Morgan fingerprint density at radius 1 is 1.38 bits per heavy atom. The minimum Gasteiger partial charge on any atom is -0.495 e. The number of methoxy groups -OCH3 is 1. The first-order valence-corrected chi connectivity index (χ1v) is 7.39. The summed E-state index contributed by atoms with van der Waals surface area (Å²) in [6.45, 7) is 3.06. The molecule has 0 aliphatic heterocycles. The quantitative estimate of drug-likeness (QED) is 0.429. The standard InChI is InChI=1S/C16H25N3O.HI/c1-3-9-16(10-6-11-16)12-18-15(17)19-13-7-4-5-8-14(13)20-2;/h4-5,7-8H,3,6,9-12H2,1-2H3,(H3,17,18,19);1H. The van der Waals surface area contributed by atoms with E-state index in [9.17, 15) is 0 Å². The third kappa shape index (κ3) is 4.76. The monoisotopic (exact) mass is 403 g/mol. The zero-order valence-electron chi connectivity index (χ0n) is 12.9. The number of benzene rings is 1. The van der Waals surface area contributed by atoms with E-state index in [2.05, 4.69) is 17.2 Å². The van der Waals surface area contributed by atoms with Crippen LogP contribution in [0.3, 0.4) is 0 Å². The van der Waals surface area contributed by atoms with Crippen molar-refractivity contribution < 1.29 is 4.74 Å². The molecule has 0 aromatic heterocycles. The molecule has 1 fully saturated rings. The number of nitrogens with zero attached hydrogens (tertiary/aromatic N) is 1. The normalized spacial score (nSPS) is 16.6. The van der Waals surface area contributed by atoms with Crippen molar-refractivity contribution in [2.24, 2.45) is 16.1 Å². The van der Waals surface area contributed by atoms with E-state index in [0.717, 1.165) is 18.0 Å². The van der Waals surface area contributed by atoms with Crippen LogP contribution in [0.25, 0.3) is 0 Å². The van der Waals surface area contributed by atoms with Crippen LogP contribution in [0.5, 0.6) is 5.75 Å². The summed E-state index contributed by atoms with van der Waals surface area (Å²) in [5.74, 6) is 1.24. The second-order valence-electron chi connectivity index (χ2n) is 5.63. The lowest BCUT2D eigenvalue weighted by molar-refractivity contribution is 0.130. The molecule has 5 heteroatoms. The van der Waals surface area contributed by atoms with E-state index >= 15 is 0 Å². The highest BCUT2D eigenvalue weighted by Crippen LogP contribution is 2.44. The maximum Gasteiger partial charge on any atom is 0.193 e. The molecule has 1 saturated carbocycles. The van der Waals surface area contributed by atoms with Crippen LogP contribution in [0.4, 0.5) is 5.69 Å². The van der Waals surface area contributed by atoms with Gasteiger partial charge in [0.25, 0.3) is 0 Å². The Morgan fingerprint density at radius 2 is 2.10 bits per heavy atom. The van der Waals surface area contributed by atoms with E-state index in [4.69, 9.17) is 10.5 Å². The van der Waals surface area contributed by atoms with Gasteiger partial charge in [0, 0.05) is 6.54 Å². The second-order valence-corrected chi connectivity index (χ2v) is 5.63. The van der Waals surface area contributed by atoms with Gasteiger partial charge in [-0.05, 0) is 36.8 Å². The molecule has 0 saturated heterocycles. The fourth-order valence-electron chi connectivity index (χ4n) is 2.87. The third-order valence-corrected chi connectivity index (χ3v) is 4.15. The van der Waals surface area contributed by atoms with Crippen molar-refractivity contribution in [2.75, 3.05) is 19.0 Å². The predicted molar refractivity (Wildman–Crippen MR) is 99.7 cm³/mol. The molecule has 21 heavy (non-hydrogen) atoms. The van der Waals surface area contributed by atoms with Crippen molar-refractivity contribution in [2.45, 2.75) is 39.0 Å². The molecule has 1 aromatic rings. The molecule has 0 spiro atoms. The molecule has 0 atom stereocenters. The van der Waals surface area contributed by atoms with Gasteiger partial charge in [0.05, 0.1) is 12.8 Å². The first kappa shape index (κ1) is 18.1. The molecule has 118 valence electrons. The minimum absolute atomic E-state index is 0. The van der Waals surface area contributed by atoms with Gasteiger partial charge in [-0.15, -0.1) is 24.0 Å². The number of halogens is 1. The number of hydrogen-bond donors (Lipinski definition) is 2. The Labute approximate surface area is 144 Å². The number of nitrogens with two attached hydrogens (primary N) is 1. The minimum atomic E-state index is 0. The Kier molecular flexibility index (Phi) is 7.28. The molecule has 0 unspecified atom stereocenters. The largest absolute Gasteiger partial charge is 0.495 e. The lowest BCUT2D eigenvalue weighted by Crippen LogP contribution is -2.34. The molecule has 2 rings (SSSR count). The number of ether oxygens (including phenoxy) is 1. The smallest absolute Gasteiger partial charge is 0.193 e. The summed E-state index contributed by atoms with van der Waals surface area (Å²) in [5.41, 5.74) is 7.26. The zero-order chi connectivity index (χ0) is 14.4. The molecule has 0 bridgehead atoms. The number of nitrogens with one attached hydrogen (secondary N) is 1. The van der Waals surface area contributed by atoms with Gasteiger partial charge in [0.2, 0.25) is 0 Å². The van der Waals surface area contributed by atoms with Gasteiger partial charge in [0.1, 0.15) is 5.75 Å². The molecule has 1 aliphatic carbocycles. The van der Waals surface area contributed by atoms with E-state index in [0.29, 0.717) is 11.4 Å². The predicted octanol–water partition coefficient (Wildman–Crippen LogP) is 4.01. The van der Waals surface area contributed by atoms with Crippen molar-refractivity contribution in [3.63, 3.8) is 0 Å². The zero-order valence-corrected chi connectivity index (χ0v) is 15.2. The maximum absolute atomic E-state index is 5.99. The van der Waals surface area contributed by atoms with Crippen LogP contribution in [0.15, 0.2) is 29.3 Å². The van der Waals surface area contributed by atoms with E-state index in [-0.39, 0.29) is 24.0 Å². The van der Waals surface area contributed by atoms with Crippen molar-refractivity contribution in [3.8, 4) is 5.75 Å². The molecule has 0 heterocycles. The number of anilines is 1. The number of rotatable bonds is 6. The molecular formula is C16H26IN3O. The summed E-state index contributed by atoms with van der Waals surface area (Å²) >= 11 is 0. The molecule has 0 amide bonds. The average Bonchev–Trinajstić information content (AvgIpc) is 2.42.